The number of ether oxygens (including phenoxy) is 1. The van der Waals surface area contributed by atoms with Crippen LogP contribution in [0.25, 0.3) is 0 Å². The summed E-state index contributed by atoms with van der Waals surface area (Å²) < 4.78 is 125. The average molecular weight is 552 g/mol. The van der Waals surface area contributed by atoms with Gasteiger partial charge in [0.05, 0.1) is 27.6 Å². The Balaban J connectivity index is 1.76. The smallest absolute Gasteiger partial charge is 0.416 e. The number of nitrogens with one attached hydrogen (secondary N) is 1. The Bertz CT molecular complexity index is 1420. The van der Waals surface area contributed by atoms with Gasteiger partial charge in [0.2, 0.25) is 10.0 Å². The Morgan fingerprint density at radius 1 is 1.08 bits per heavy atom. The maximum absolute atomic E-state index is 14.2. The second kappa shape index (κ2) is 9.02. The Morgan fingerprint density at radius 2 is 1.75 bits per heavy atom. The zero-order valence-corrected chi connectivity index (χ0v) is 20.5. The number of hydrogen-bond acceptors (Lipinski definition) is 5. The number of rotatable bonds is 5. The topological polar surface area (TPSA) is 89.5 Å². The van der Waals surface area contributed by atoms with Crippen molar-refractivity contribution in [1.29, 1.82) is 0 Å². The maximum atomic E-state index is 14.2. The Morgan fingerprint density at radius 3 is 2.39 bits per heavy atom. The van der Waals surface area contributed by atoms with E-state index in [-0.39, 0.29) is 29.9 Å². The van der Waals surface area contributed by atoms with Crippen LogP contribution in [0.4, 0.5) is 22.0 Å². The lowest BCUT2D eigenvalue weighted by molar-refractivity contribution is -0.137. The molecule has 0 spiro atoms. The van der Waals surface area contributed by atoms with E-state index in [0.29, 0.717) is 23.4 Å². The van der Waals surface area contributed by atoms with E-state index in [0.717, 1.165) is 30.3 Å². The summed E-state index contributed by atoms with van der Waals surface area (Å²) in [4.78, 5) is -0.347. The van der Waals surface area contributed by atoms with E-state index < -0.39 is 66.3 Å². The molecule has 0 fully saturated rings. The molecule has 1 aliphatic carbocycles. The predicted molar refractivity (Wildman–Crippen MR) is 120 cm³/mol. The van der Waals surface area contributed by atoms with Crippen molar-refractivity contribution in [3.8, 4) is 5.75 Å². The highest BCUT2D eigenvalue weighted by atomic mass is 32.2. The molecule has 0 saturated heterocycles. The molecule has 6 nitrogen and oxygen atoms in total. The van der Waals surface area contributed by atoms with Crippen molar-refractivity contribution in [1.82, 2.24) is 4.72 Å². The molecule has 2 aromatic carbocycles. The molecule has 0 aromatic heterocycles. The van der Waals surface area contributed by atoms with Crippen LogP contribution in [0, 0.1) is 17.6 Å². The normalized spacial score (nSPS) is 24.1. The summed E-state index contributed by atoms with van der Waals surface area (Å²) in [5, 5.41) is 0. The fourth-order valence-electron chi connectivity index (χ4n) is 4.66. The van der Waals surface area contributed by atoms with Gasteiger partial charge in [0.25, 0.3) is 0 Å². The van der Waals surface area contributed by atoms with Crippen molar-refractivity contribution in [2.24, 2.45) is 5.92 Å². The second-order valence-electron chi connectivity index (χ2n) is 8.95. The number of hydrogen-bond donors (Lipinski definition) is 1. The van der Waals surface area contributed by atoms with E-state index in [4.69, 9.17) is 4.74 Å². The molecule has 1 aliphatic heterocycles. The molecule has 36 heavy (non-hydrogen) atoms. The van der Waals surface area contributed by atoms with Gasteiger partial charge < -0.3 is 4.74 Å². The minimum Gasteiger partial charge on any atom is -0.490 e. The third kappa shape index (κ3) is 4.82. The first-order valence-corrected chi connectivity index (χ1v) is 14.0. The van der Waals surface area contributed by atoms with Crippen LogP contribution >= 0.6 is 0 Å². The van der Waals surface area contributed by atoms with Crippen molar-refractivity contribution < 1.29 is 43.5 Å². The van der Waals surface area contributed by atoms with Gasteiger partial charge in [-0.05, 0) is 68.2 Å². The molecule has 2 atom stereocenters. The zero-order valence-electron chi connectivity index (χ0n) is 18.9. The summed E-state index contributed by atoms with van der Waals surface area (Å²) in [6, 6.07) is 5.64. The van der Waals surface area contributed by atoms with E-state index in [9.17, 15) is 38.8 Å². The molecule has 2 aliphatic rings. The first-order chi connectivity index (χ1) is 16.6. The third-order valence-corrected chi connectivity index (χ3v) is 10.6. The van der Waals surface area contributed by atoms with Crippen molar-refractivity contribution in [3.63, 3.8) is 0 Å². The quantitative estimate of drug-likeness (QED) is 0.550. The standard InChI is InChI=1S/C23H22F5NO5S2/c1-22(36(32,33)16-5-2-14(3-6-16)23(26,27)28)10-8-20-17(9-11-35(30,31)29-20)18(22)13-34-21-12-15(24)4-7-19(21)25/h2-7,12,18,29H,8-11,13H2,1H3/t18-,22+/m0/s1. The molecule has 196 valence electrons. The van der Waals surface area contributed by atoms with E-state index >= 15 is 0 Å². The van der Waals surface area contributed by atoms with E-state index in [1.807, 2.05) is 0 Å². The molecule has 2 aromatic rings. The van der Waals surface area contributed by atoms with Gasteiger partial charge in [-0.1, -0.05) is 0 Å². The molecule has 4 rings (SSSR count). The number of sulfonamides is 1. The third-order valence-electron chi connectivity index (χ3n) is 6.74. The lowest BCUT2D eigenvalue weighted by Gasteiger charge is -2.44. The fourth-order valence-corrected chi connectivity index (χ4v) is 7.85. The van der Waals surface area contributed by atoms with Crippen LogP contribution in [0.15, 0.2) is 58.6 Å². The van der Waals surface area contributed by atoms with Crippen LogP contribution in [-0.2, 0) is 26.0 Å². The molecule has 0 bridgehead atoms. The lowest BCUT2D eigenvalue weighted by atomic mass is 9.76. The summed E-state index contributed by atoms with van der Waals surface area (Å²) in [7, 11) is -7.92. The largest absolute Gasteiger partial charge is 0.490 e. The minimum absolute atomic E-state index is 0.0115. The molecular weight excluding hydrogens is 529 g/mol. The molecule has 0 unspecified atom stereocenters. The number of sulfone groups is 1. The Hall–Kier alpha value is -2.67. The maximum Gasteiger partial charge on any atom is 0.416 e. The number of benzene rings is 2. The first kappa shape index (κ1) is 26.4. The molecule has 1 N–H and O–H groups in total. The molecule has 0 saturated carbocycles. The number of halogens is 5. The lowest BCUT2D eigenvalue weighted by Crippen LogP contribution is -2.51. The summed E-state index contributed by atoms with van der Waals surface area (Å²) in [5.41, 5.74) is -0.246. The SMILES string of the molecule is C[C@@]1(S(=O)(=O)c2ccc(C(F)(F)F)cc2)CCC2=C(CCS(=O)(=O)N2)[C@@H]1COc1cc(F)ccc1F. The summed E-state index contributed by atoms with van der Waals surface area (Å²) in [5.74, 6) is -3.42. The van der Waals surface area contributed by atoms with E-state index in [1.165, 1.54) is 6.92 Å². The van der Waals surface area contributed by atoms with Crippen LogP contribution < -0.4 is 9.46 Å². The van der Waals surface area contributed by atoms with Gasteiger partial charge in [-0.3, -0.25) is 4.72 Å². The number of alkyl halides is 3. The molecule has 1 heterocycles. The Kier molecular flexibility index (Phi) is 6.61. The van der Waals surface area contributed by atoms with Crippen LogP contribution in [0.1, 0.15) is 31.7 Å². The zero-order chi connectivity index (χ0) is 26.5. The van der Waals surface area contributed by atoms with Gasteiger partial charge >= 0.3 is 6.18 Å². The molecule has 0 amide bonds. The van der Waals surface area contributed by atoms with Crippen molar-refractivity contribution in [3.05, 3.63) is 70.9 Å². The van der Waals surface area contributed by atoms with Gasteiger partial charge in [-0.2, -0.15) is 13.2 Å². The van der Waals surface area contributed by atoms with Crippen LogP contribution in [0.5, 0.6) is 5.75 Å². The van der Waals surface area contributed by atoms with Gasteiger partial charge in [-0.25, -0.2) is 25.6 Å². The molecule has 0 radical (unpaired) electrons. The summed E-state index contributed by atoms with van der Waals surface area (Å²) in [6.45, 7) is 0.972. The highest BCUT2D eigenvalue weighted by Crippen LogP contribution is 2.47. The van der Waals surface area contributed by atoms with Gasteiger partial charge in [-0.15, -0.1) is 0 Å². The van der Waals surface area contributed by atoms with Crippen molar-refractivity contribution in [2.45, 2.75) is 42.0 Å². The van der Waals surface area contributed by atoms with E-state index in [2.05, 4.69) is 4.72 Å². The summed E-state index contributed by atoms with van der Waals surface area (Å²) >= 11 is 0. The van der Waals surface area contributed by atoms with Gasteiger partial charge in [0.15, 0.2) is 21.4 Å². The second-order valence-corrected chi connectivity index (χ2v) is 13.2. The minimum atomic E-state index is -4.65. The van der Waals surface area contributed by atoms with Crippen LogP contribution in [0.3, 0.4) is 0 Å². The van der Waals surface area contributed by atoms with Crippen molar-refractivity contribution >= 4 is 19.9 Å². The van der Waals surface area contributed by atoms with Gasteiger partial charge in [0.1, 0.15) is 5.82 Å². The predicted octanol–water partition coefficient (Wildman–Crippen LogP) is 4.58. The fraction of sp³-hybridized carbons (Fsp3) is 0.391. The summed E-state index contributed by atoms with van der Waals surface area (Å²) in [6.07, 6.45) is -4.70. The first-order valence-electron chi connectivity index (χ1n) is 10.9. The molecular formula is C23H22F5NO5S2. The highest BCUT2D eigenvalue weighted by molar-refractivity contribution is 7.92. The highest BCUT2D eigenvalue weighted by Gasteiger charge is 2.52. The van der Waals surface area contributed by atoms with E-state index in [1.54, 1.807) is 0 Å². The van der Waals surface area contributed by atoms with Crippen molar-refractivity contribution in [2.75, 3.05) is 12.4 Å². The Labute approximate surface area is 205 Å². The van der Waals surface area contributed by atoms with Gasteiger partial charge in [0, 0.05) is 17.7 Å². The molecule has 13 heteroatoms. The average Bonchev–Trinajstić information content (AvgIpc) is 2.79. The number of allylic oxidation sites excluding steroid dienone is 1. The van der Waals surface area contributed by atoms with Crippen LogP contribution in [0.2, 0.25) is 0 Å². The van der Waals surface area contributed by atoms with Crippen LogP contribution in [-0.4, -0.2) is 33.9 Å². The monoisotopic (exact) mass is 551 g/mol.